The van der Waals surface area contributed by atoms with Gasteiger partial charge in [-0.05, 0) is 54.5 Å². The first-order valence-electron chi connectivity index (χ1n) is 11.1. The summed E-state index contributed by atoms with van der Waals surface area (Å²) in [7, 11) is 0. The fourth-order valence-electron chi connectivity index (χ4n) is 5.24. The molecule has 4 aromatic rings. The number of benzene rings is 2. The van der Waals surface area contributed by atoms with E-state index in [1.807, 2.05) is 37.3 Å². The van der Waals surface area contributed by atoms with E-state index < -0.39 is 0 Å². The van der Waals surface area contributed by atoms with Gasteiger partial charge in [-0.2, -0.15) is 0 Å². The fourth-order valence-corrected chi connectivity index (χ4v) is 5.24. The molecule has 0 saturated carbocycles. The number of hydrogen-bond acceptors (Lipinski definition) is 4. The Balaban J connectivity index is 1.60. The second-order valence-corrected chi connectivity index (χ2v) is 8.56. The molecule has 4 heterocycles. The highest BCUT2D eigenvalue weighted by atomic mass is 16.3. The van der Waals surface area contributed by atoms with Gasteiger partial charge in [-0.25, -0.2) is 4.98 Å². The van der Waals surface area contributed by atoms with Gasteiger partial charge in [0, 0.05) is 33.5 Å². The highest BCUT2D eigenvalue weighted by Gasteiger charge is 2.39. The van der Waals surface area contributed by atoms with E-state index in [9.17, 15) is 0 Å². The lowest BCUT2D eigenvalue weighted by atomic mass is 9.77. The van der Waals surface area contributed by atoms with Gasteiger partial charge in [0.05, 0.1) is 23.5 Å². The summed E-state index contributed by atoms with van der Waals surface area (Å²) in [5.74, 6) is 0.0228. The summed E-state index contributed by atoms with van der Waals surface area (Å²) in [6.45, 7) is 14.1. The maximum atomic E-state index is 6.11. The monoisotopic (exact) mass is 429 g/mol. The van der Waals surface area contributed by atoms with Crippen molar-refractivity contribution in [3.63, 3.8) is 0 Å². The van der Waals surface area contributed by atoms with Crippen LogP contribution in [0.4, 0.5) is 0 Å². The molecular weight excluding hydrogens is 406 g/mol. The molecule has 3 unspecified atom stereocenters. The number of fused-ring (bicyclic) bond motifs is 5. The number of nitrogens with zero attached hydrogens (tertiary/aromatic N) is 3. The molecule has 2 aliphatic heterocycles. The van der Waals surface area contributed by atoms with Gasteiger partial charge >= 0.3 is 0 Å². The molecule has 6 rings (SSSR count). The Hall–Kier alpha value is -4.05. The summed E-state index contributed by atoms with van der Waals surface area (Å²) < 4.78 is 6.11. The minimum absolute atomic E-state index is 0.0228. The van der Waals surface area contributed by atoms with Gasteiger partial charge < -0.3 is 4.42 Å². The second-order valence-electron chi connectivity index (χ2n) is 8.56. The van der Waals surface area contributed by atoms with Gasteiger partial charge in [-0.3, -0.25) is 9.98 Å². The molecular formula is C29H23N3O. The van der Waals surface area contributed by atoms with Crippen molar-refractivity contribution in [1.82, 2.24) is 4.98 Å². The van der Waals surface area contributed by atoms with E-state index in [0.29, 0.717) is 5.71 Å². The molecule has 0 amide bonds. The Labute approximate surface area is 192 Å². The summed E-state index contributed by atoms with van der Waals surface area (Å²) in [6.07, 6.45) is 5.57. The first-order chi connectivity index (χ1) is 16.1. The molecule has 0 spiro atoms. The van der Waals surface area contributed by atoms with Crippen molar-refractivity contribution in [2.45, 2.75) is 24.9 Å². The number of rotatable bonds is 4. The molecule has 4 heteroatoms. The van der Waals surface area contributed by atoms with Crippen LogP contribution in [-0.4, -0.2) is 22.4 Å². The standard InChI is InChI=1S/C29H23N3O/c1-5-23-17-10-8-9-11-18(17)27(25(7-3)31-23)28-22-14-21-19-13-12-16(4)30-29(19)33-26(21)15-20(22)24(6-2)32-28/h5-15,25,27-28H,1-3H2,4H3. The van der Waals surface area contributed by atoms with Gasteiger partial charge in [-0.15, -0.1) is 6.58 Å². The number of aryl methyl sites for hydroxylation is 1. The van der Waals surface area contributed by atoms with Crippen LogP contribution in [0.15, 0.2) is 101 Å². The van der Waals surface area contributed by atoms with E-state index in [1.165, 1.54) is 5.56 Å². The van der Waals surface area contributed by atoms with E-state index in [1.54, 1.807) is 0 Å². The van der Waals surface area contributed by atoms with Crippen molar-refractivity contribution < 1.29 is 4.42 Å². The van der Waals surface area contributed by atoms with E-state index in [-0.39, 0.29) is 18.0 Å². The molecule has 160 valence electrons. The number of allylic oxidation sites excluding steroid dienone is 2. The van der Waals surface area contributed by atoms with Gasteiger partial charge in [0.1, 0.15) is 5.58 Å². The lowest BCUT2D eigenvalue weighted by molar-refractivity contribution is 0.511. The SMILES string of the molecule is C=CC1=NC(C2c3ccccc3C(C=C)=NC2C=C)c2cc3c(cc21)oc1nc(C)ccc13. The summed E-state index contributed by atoms with van der Waals surface area (Å²) in [6, 6.07) is 16.6. The molecule has 0 aliphatic carbocycles. The first-order valence-corrected chi connectivity index (χ1v) is 11.1. The van der Waals surface area contributed by atoms with Crippen LogP contribution in [0.25, 0.3) is 22.1 Å². The van der Waals surface area contributed by atoms with Crippen LogP contribution in [0, 0.1) is 6.92 Å². The highest BCUT2D eigenvalue weighted by molar-refractivity contribution is 6.15. The number of pyridine rings is 1. The van der Waals surface area contributed by atoms with E-state index >= 15 is 0 Å². The third kappa shape index (κ3) is 2.80. The minimum Gasteiger partial charge on any atom is -0.438 e. The Morgan fingerprint density at radius 2 is 1.64 bits per heavy atom. The van der Waals surface area contributed by atoms with Gasteiger partial charge in [0.15, 0.2) is 0 Å². The maximum absolute atomic E-state index is 6.11. The Morgan fingerprint density at radius 3 is 2.42 bits per heavy atom. The Morgan fingerprint density at radius 1 is 0.848 bits per heavy atom. The average Bonchev–Trinajstić information content (AvgIpc) is 3.38. The average molecular weight is 430 g/mol. The van der Waals surface area contributed by atoms with E-state index in [4.69, 9.17) is 14.4 Å². The van der Waals surface area contributed by atoms with Crippen LogP contribution in [0.5, 0.6) is 0 Å². The van der Waals surface area contributed by atoms with Crippen LogP contribution < -0.4 is 0 Å². The summed E-state index contributed by atoms with van der Waals surface area (Å²) in [5, 5.41) is 2.07. The van der Waals surface area contributed by atoms with Crippen molar-refractivity contribution in [3.05, 3.63) is 114 Å². The molecule has 0 bridgehead atoms. The van der Waals surface area contributed by atoms with Crippen molar-refractivity contribution in [2.75, 3.05) is 0 Å². The quantitative estimate of drug-likeness (QED) is 0.341. The van der Waals surface area contributed by atoms with Crippen molar-refractivity contribution in [3.8, 4) is 0 Å². The molecule has 0 fully saturated rings. The topological polar surface area (TPSA) is 50.8 Å². The zero-order valence-corrected chi connectivity index (χ0v) is 18.5. The smallest absolute Gasteiger partial charge is 0.227 e. The lowest BCUT2D eigenvalue weighted by Crippen LogP contribution is -2.27. The maximum Gasteiger partial charge on any atom is 0.227 e. The molecule has 0 saturated heterocycles. The van der Waals surface area contributed by atoms with Crippen molar-refractivity contribution in [2.24, 2.45) is 9.98 Å². The van der Waals surface area contributed by atoms with Crippen LogP contribution in [0.3, 0.4) is 0 Å². The summed E-state index contributed by atoms with van der Waals surface area (Å²) in [5.41, 5.74) is 8.71. The predicted octanol–water partition coefficient (Wildman–Crippen LogP) is 6.65. The third-order valence-corrected chi connectivity index (χ3v) is 6.74. The molecule has 3 atom stereocenters. The molecule has 0 radical (unpaired) electrons. The van der Waals surface area contributed by atoms with E-state index in [0.717, 1.165) is 50.2 Å². The van der Waals surface area contributed by atoms with E-state index in [2.05, 4.69) is 61.1 Å². The second kappa shape index (κ2) is 7.24. The molecule has 33 heavy (non-hydrogen) atoms. The fraction of sp³-hybridized carbons (Fsp3) is 0.138. The van der Waals surface area contributed by atoms with Gasteiger partial charge in [0.2, 0.25) is 5.71 Å². The molecule has 2 aromatic carbocycles. The number of aliphatic imine (C=N–C) groups is 2. The first kappa shape index (κ1) is 19.6. The lowest BCUT2D eigenvalue weighted by Gasteiger charge is -2.33. The van der Waals surface area contributed by atoms with Crippen LogP contribution >= 0.6 is 0 Å². The zero-order valence-electron chi connectivity index (χ0n) is 18.5. The van der Waals surface area contributed by atoms with Crippen molar-refractivity contribution in [1.29, 1.82) is 0 Å². The third-order valence-electron chi connectivity index (χ3n) is 6.74. The van der Waals surface area contributed by atoms with Gasteiger partial charge in [0.25, 0.3) is 0 Å². The molecule has 2 aromatic heterocycles. The largest absolute Gasteiger partial charge is 0.438 e. The Kier molecular flexibility index (Phi) is 4.31. The zero-order chi connectivity index (χ0) is 22.7. The van der Waals surface area contributed by atoms with Crippen LogP contribution in [0.2, 0.25) is 0 Å². The predicted molar refractivity (Wildman–Crippen MR) is 136 cm³/mol. The Bertz CT molecular complexity index is 1550. The normalized spacial score (nSPS) is 21.3. The molecule has 2 aliphatic rings. The summed E-state index contributed by atoms with van der Waals surface area (Å²) >= 11 is 0. The molecule has 0 N–H and O–H groups in total. The number of aromatic nitrogens is 1. The summed E-state index contributed by atoms with van der Waals surface area (Å²) in [4.78, 5) is 14.7. The number of furan rings is 1. The number of hydrogen-bond donors (Lipinski definition) is 0. The van der Waals surface area contributed by atoms with Gasteiger partial charge in [-0.1, -0.05) is 43.5 Å². The van der Waals surface area contributed by atoms with Crippen LogP contribution in [-0.2, 0) is 0 Å². The van der Waals surface area contributed by atoms with Crippen molar-refractivity contribution >= 4 is 33.5 Å². The molecule has 4 nitrogen and oxygen atoms in total. The van der Waals surface area contributed by atoms with Crippen LogP contribution in [0.1, 0.15) is 39.9 Å². The highest BCUT2D eigenvalue weighted by Crippen LogP contribution is 2.48. The minimum atomic E-state index is -0.111.